The number of hydrogen-bond donors (Lipinski definition) is 1. The lowest BCUT2D eigenvalue weighted by Crippen LogP contribution is -2.52. The maximum Gasteiger partial charge on any atom is 0.118 e. The van der Waals surface area contributed by atoms with E-state index in [-0.39, 0.29) is 0 Å². The van der Waals surface area contributed by atoms with Crippen molar-refractivity contribution in [3.8, 4) is 5.75 Å². The highest BCUT2D eigenvalue weighted by Crippen LogP contribution is 2.27. The molecule has 0 amide bonds. The Bertz CT molecular complexity index is 462. The van der Waals surface area contributed by atoms with Gasteiger partial charge >= 0.3 is 0 Å². The Morgan fingerprint density at radius 2 is 1.70 bits per heavy atom. The Labute approximate surface area is 140 Å². The molecular weight excluding hydrogens is 286 g/mol. The van der Waals surface area contributed by atoms with Gasteiger partial charge in [-0.15, -0.1) is 0 Å². The molecule has 1 heterocycles. The zero-order valence-electron chi connectivity index (χ0n) is 14.4. The van der Waals surface area contributed by atoms with Crippen LogP contribution in [0.15, 0.2) is 24.3 Å². The van der Waals surface area contributed by atoms with E-state index in [2.05, 4.69) is 21.9 Å². The van der Waals surface area contributed by atoms with E-state index >= 15 is 0 Å². The molecule has 1 aliphatic carbocycles. The van der Waals surface area contributed by atoms with Crippen LogP contribution in [-0.2, 0) is 0 Å². The van der Waals surface area contributed by atoms with Crippen molar-refractivity contribution in [3.63, 3.8) is 0 Å². The van der Waals surface area contributed by atoms with Gasteiger partial charge in [-0.25, -0.2) is 0 Å². The van der Waals surface area contributed by atoms with Crippen LogP contribution in [0.5, 0.6) is 5.75 Å². The number of rotatable bonds is 5. The number of piperazine rings is 1. The van der Waals surface area contributed by atoms with Crippen molar-refractivity contribution in [2.75, 3.05) is 39.8 Å². The van der Waals surface area contributed by atoms with Gasteiger partial charge in [-0.2, -0.15) is 0 Å². The summed E-state index contributed by atoms with van der Waals surface area (Å²) >= 11 is 0. The van der Waals surface area contributed by atoms with E-state index < -0.39 is 0 Å². The lowest BCUT2D eigenvalue weighted by Gasteiger charge is -2.43. The van der Waals surface area contributed by atoms with E-state index in [4.69, 9.17) is 10.5 Å². The van der Waals surface area contributed by atoms with Crippen LogP contribution in [0.25, 0.3) is 0 Å². The van der Waals surface area contributed by atoms with Gasteiger partial charge in [0.05, 0.1) is 7.11 Å². The van der Waals surface area contributed by atoms with E-state index in [0.29, 0.717) is 12.6 Å². The smallest absolute Gasteiger partial charge is 0.118 e. The van der Waals surface area contributed by atoms with Gasteiger partial charge in [0.2, 0.25) is 0 Å². The van der Waals surface area contributed by atoms with Gasteiger partial charge in [0, 0.05) is 44.8 Å². The zero-order valence-corrected chi connectivity index (χ0v) is 14.4. The molecule has 2 N–H and O–H groups in total. The second-order valence-electron chi connectivity index (χ2n) is 6.89. The molecule has 23 heavy (non-hydrogen) atoms. The summed E-state index contributed by atoms with van der Waals surface area (Å²) in [6.45, 7) is 5.32. The van der Waals surface area contributed by atoms with Crippen molar-refractivity contribution in [1.29, 1.82) is 0 Å². The van der Waals surface area contributed by atoms with Crippen molar-refractivity contribution in [1.82, 2.24) is 9.80 Å². The first-order chi connectivity index (χ1) is 11.3. The van der Waals surface area contributed by atoms with Crippen LogP contribution >= 0.6 is 0 Å². The maximum absolute atomic E-state index is 6.10. The first-order valence-electron chi connectivity index (χ1n) is 9.14. The van der Waals surface area contributed by atoms with Crippen molar-refractivity contribution in [2.45, 2.75) is 44.2 Å². The van der Waals surface area contributed by atoms with Crippen LogP contribution in [0.4, 0.5) is 0 Å². The van der Waals surface area contributed by atoms with Crippen molar-refractivity contribution in [3.05, 3.63) is 29.8 Å². The van der Waals surface area contributed by atoms with Gasteiger partial charge in [-0.3, -0.25) is 9.80 Å². The summed E-state index contributed by atoms with van der Waals surface area (Å²) in [5.41, 5.74) is 7.40. The average molecular weight is 317 g/mol. The molecule has 1 unspecified atom stereocenters. The van der Waals surface area contributed by atoms with Gasteiger partial charge in [-0.1, -0.05) is 31.4 Å². The van der Waals surface area contributed by atoms with Gasteiger partial charge in [0.25, 0.3) is 0 Å². The summed E-state index contributed by atoms with van der Waals surface area (Å²) in [5.74, 6) is 0.909. The number of nitrogens with two attached hydrogens (primary N) is 1. The molecule has 0 bridgehead atoms. The summed E-state index contributed by atoms with van der Waals surface area (Å²) in [7, 11) is 1.71. The van der Waals surface area contributed by atoms with E-state index in [1.165, 1.54) is 50.8 Å². The third-order valence-electron chi connectivity index (χ3n) is 5.60. The van der Waals surface area contributed by atoms with Crippen LogP contribution in [0.3, 0.4) is 0 Å². The maximum atomic E-state index is 6.10. The first kappa shape index (κ1) is 16.7. The molecule has 1 saturated carbocycles. The number of nitrogens with zero attached hydrogens (tertiary/aromatic N) is 2. The highest BCUT2D eigenvalue weighted by molar-refractivity contribution is 5.29. The zero-order chi connectivity index (χ0) is 16.1. The predicted octanol–water partition coefficient (Wildman–Crippen LogP) is 2.65. The molecule has 0 radical (unpaired) electrons. The highest BCUT2D eigenvalue weighted by Gasteiger charge is 2.28. The van der Waals surface area contributed by atoms with Crippen LogP contribution < -0.4 is 10.5 Å². The first-order valence-corrected chi connectivity index (χ1v) is 9.14. The monoisotopic (exact) mass is 317 g/mol. The van der Waals surface area contributed by atoms with Gasteiger partial charge in [0.1, 0.15) is 5.75 Å². The number of benzene rings is 1. The fourth-order valence-electron chi connectivity index (χ4n) is 4.18. The topological polar surface area (TPSA) is 41.7 Å². The molecule has 0 aromatic heterocycles. The standard InChI is InChI=1S/C19H31N3O/c1-23-18-9-7-16(8-10-18)19(15-20)22-13-11-21(12-14-22)17-5-3-2-4-6-17/h7-10,17,19H,2-6,11-15,20H2,1H3. The van der Waals surface area contributed by atoms with Crippen molar-refractivity contribution < 1.29 is 4.74 Å². The summed E-state index contributed by atoms with van der Waals surface area (Å²) < 4.78 is 5.26. The van der Waals surface area contributed by atoms with E-state index in [9.17, 15) is 0 Å². The van der Waals surface area contributed by atoms with Gasteiger partial charge in [-0.05, 0) is 30.5 Å². The summed E-state index contributed by atoms with van der Waals surface area (Å²) in [4.78, 5) is 5.28. The Kier molecular flexibility index (Phi) is 5.92. The van der Waals surface area contributed by atoms with Gasteiger partial charge in [0.15, 0.2) is 0 Å². The second kappa shape index (κ2) is 8.13. The molecule has 1 aromatic rings. The lowest BCUT2D eigenvalue weighted by atomic mass is 9.93. The summed E-state index contributed by atoms with van der Waals surface area (Å²) in [6, 6.07) is 9.55. The molecule has 4 nitrogen and oxygen atoms in total. The highest BCUT2D eigenvalue weighted by atomic mass is 16.5. The SMILES string of the molecule is COc1ccc(C(CN)N2CCN(C3CCCCC3)CC2)cc1. The molecule has 2 aliphatic rings. The van der Waals surface area contributed by atoms with Crippen molar-refractivity contribution >= 4 is 0 Å². The third kappa shape index (κ3) is 4.06. The molecule has 3 rings (SSSR count). The number of ether oxygens (including phenoxy) is 1. The number of hydrogen-bond acceptors (Lipinski definition) is 4. The fourth-order valence-corrected chi connectivity index (χ4v) is 4.18. The van der Waals surface area contributed by atoms with E-state index in [0.717, 1.165) is 24.9 Å². The minimum Gasteiger partial charge on any atom is -0.497 e. The molecule has 1 aliphatic heterocycles. The van der Waals surface area contributed by atoms with Crippen molar-refractivity contribution in [2.24, 2.45) is 5.73 Å². The van der Waals surface area contributed by atoms with Gasteiger partial charge < -0.3 is 10.5 Å². The molecule has 0 spiro atoms. The lowest BCUT2D eigenvalue weighted by molar-refractivity contribution is 0.0579. The Morgan fingerprint density at radius 1 is 1.04 bits per heavy atom. The average Bonchev–Trinajstić information content (AvgIpc) is 2.64. The van der Waals surface area contributed by atoms with Crippen LogP contribution in [0, 0.1) is 0 Å². The normalized spacial score (nSPS) is 22.9. The summed E-state index contributed by atoms with van der Waals surface area (Å²) in [5, 5.41) is 0. The Balaban J connectivity index is 1.57. The molecule has 128 valence electrons. The van der Waals surface area contributed by atoms with Crippen LogP contribution in [0.1, 0.15) is 43.7 Å². The largest absolute Gasteiger partial charge is 0.497 e. The van der Waals surface area contributed by atoms with Crippen LogP contribution in [-0.4, -0.2) is 55.7 Å². The minimum absolute atomic E-state index is 0.328. The number of methoxy groups -OCH3 is 1. The van der Waals surface area contributed by atoms with Crippen LogP contribution in [0.2, 0.25) is 0 Å². The molecule has 2 fully saturated rings. The van der Waals surface area contributed by atoms with E-state index in [1.54, 1.807) is 7.11 Å². The van der Waals surface area contributed by atoms with E-state index in [1.807, 2.05) is 12.1 Å². The molecule has 1 saturated heterocycles. The second-order valence-corrected chi connectivity index (χ2v) is 6.89. The predicted molar refractivity (Wildman–Crippen MR) is 94.8 cm³/mol. The molecule has 1 atom stereocenters. The fraction of sp³-hybridized carbons (Fsp3) is 0.684. The molecule has 4 heteroatoms. The minimum atomic E-state index is 0.328. The molecular formula is C19H31N3O. The Hall–Kier alpha value is -1.10. The third-order valence-corrected chi connectivity index (χ3v) is 5.60. The summed E-state index contributed by atoms with van der Waals surface area (Å²) in [6.07, 6.45) is 7.07. The quantitative estimate of drug-likeness (QED) is 0.906. The molecule has 1 aromatic carbocycles. The Morgan fingerprint density at radius 3 is 2.26 bits per heavy atom.